The smallest absolute Gasteiger partial charge is 0.144 e. The van der Waals surface area contributed by atoms with Crippen molar-refractivity contribution >= 4 is 45.0 Å². The van der Waals surface area contributed by atoms with Crippen LogP contribution in [0.2, 0.25) is 5.02 Å². The number of nitrogens with zero attached hydrogens (tertiary/aromatic N) is 2. The molecule has 0 fully saturated rings. The zero-order valence-electron chi connectivity index (χ0n) is 11.4. The maximum Gasteiger partial charge on any atom is 0.144 e. The predicted molar refractivity (Wildman–Crippen MR) is 82.6 cm³/mol. The van der Waals surface area contributed by atoms with E-state index in [1.807, 2.05) is 11.5 Å². The molecule has 20 heavy (non-hydrogen) atoms. The van der Waals surface area contributed by atoms with Gasteiger partial charge in [0.1, 0.15) is 11.6 Å². The Labute approximate surface area is 129 Å². The average molecular weight is 337 g/mol. The molecule has 1 heterocycles. The zero-order chi connectivity index (χ0) is 15.0. The molecule has 2 aromatic rings. The van der Waals surface area contributed by atoms with Crippen LogP contribution in [0.4, 0.5) is 4.39 Å². The molecule has 2 rings (SSSR count). The van der Waals surface area contributed by atoms with Gasteiger partial charge in [-0.15, -0.1) is 11.6 Å². The van der Waals surface area contributed by atoms with Crippen LogP contribution in [-0.4, -0.2) is 25.8 Å². The molecule has 7 heteroatoms. The van der Waals surface area contributed by atoms with Crippen LogP contribution in [0.5, 0.6) is 0 Å². The van der Waals surface area contributed by atoms with Gasteiger partial charge in [-0.25, -0.2) is 9.37 Å². The Balaban J connectivity index is 2.67. The Bertz CT molecular complexity index is 672. The number of hydrogen-bond acceptors (Lipinski definition) is 2. The lowest BCUT2D eigenvalue weighted by atomic mass is 10.2. The second-order valence-electron chi connectivity index (χ2n) is 4.80. The van der Waals surface area contributed by atoms with E-state index in [0.29, 0.717) is 22.6 Å². The Kier molecular flexibility index (Phi) is 4.72. The third-order valence-electron chi connectivity index (χ3n) is 3.03. The summed E-state index contributed by atoms with van der Waals surface area (Å²) in [5.41, 5.74) is 1.21. The highest BCUT2D eigenvalue weighted by Crippen LogP contribution is 2.31. The average Bonchev–Trinajstić information content (AvgIpc) is 2.67. The summed E-state index contributed by atoms with van der Waals surface area (Å²) in [6.45, 7) is 3.71. The molecule has 1 aromatic heterocycles. The van der Waals surface area contributed by atoms with Crippen LogP contribution in [-0.2, 0) is 10.8 Å². The quantitative estimate of drug-likeness (QED) is 0.789. The minimum atomic E-state index is -0.966. The molecule has 0 bridgehead atoms. The topological polar surface area (TPSA) is 34.9 Å². The van der Waals surface area contributed by atoms with Crippen molar-refractivity contribution in [3.8, 4) is 0 Å². The normalized spacial score (nSPS) is 16.3. The van der Waals surface area contributed by atoms with Gasteiger partial charge in [-0.1, -0.05) is 11.6 Å². The number of alkyl halides is 1. The molecule has 0 aliphatic rings. The van der Waals surface area contributed by atoms with Gasteiger partial charge in [0.2, 0.25) is 0 Å². The van der Waals surface area contributed by atoms with E-state index in [1.54, 1.807) is 13.2 Å². The molecule has 3 atom stereocenters. The first-order chi connectivity index (χ1) is 9.31. The first kappa shape index (κ1) is 15.7. The van der Waals surface area contributed by atoms with E-state index >= 15 is 0 Å². The number of rotatable bonds is 4. The van der Waals surface area contributed by atoms with E-state index in [9.17, 15) is 8.60 Å². The summed E-state index contributed by atoms with van der Waals surface area (Å²) >= 11 is 11.9. The molecule has 0 aliphatic heterocycles. The maximum atomic E-state index is 13.7. The van der Waals surface area contributed by atoms with Gasteiger partial charge in [0.15, 0.2) is 0 Å². The van der Waals surface area contributed by atoms with Gasteiger partial charge in [-0.2, -0.15) is 0 Å². The molecule has 110 valence electrons. The summed E-state index contributed by atoms with van der Waals surface area (Å²) < 4.78 is 27.0. The molecule has 0 saturated heterocycles. The van der Waals surface area contributed by atoms with Crippen molar-refractivity contribution in [3.63, 3.8) is 0 Å². The van der Waals surface area contributed by atoms with Gasteiger partial charge in [0.05, 0.1) is 21.4 Å². The molecule has 0 aliphatic carbocycles. The van der Waals surface area contributed by atoms with Crippen LogP contribution in [0.3, 0.4) is 0 Å². The third kappa shape index (κ3) is 3.00. The van der Waals surface area contributed by atoms with Crippen molar-refractivity contribution in [3.05, 3.63) is 28.8 Å². The van der Waals surface area contributed by atoms with E-state index < -0.39 is 16.6 Å². The fourth-order valence-electron chi connectivity index (χ4n) is 2.27. The lowest BCUT2D eigenvalue weighted by Crippen LogP contribution is -2.16. The lowest BCUT2D eigenvalue weighted by molar-refractivity contribution is 0.580. The highest BCUT2D eigenvalue weighted by Gasteiger charge is 2.21. The van der Waals surface area contributed by atoms with Crippen molar-refractivity contribution in [2.24, 2.45) is 0 Å². The van der Waals surface area contributed by atoms with Crippen molar-refractivity contribution in [1.29, 1.82) is 0 Å². The summed E-state index contributed by atoms with van der Waals surface area (Å²) in [4.78, 5) is 4.42. The van der Waals surface area contributed by atoms with Crippen molar-refractivity contribution in [1.82, 2.24) is 9.55 Å². The minimum absolute atomic E-state index is 0.0302. The van der Waals surface area contributed by atoms with E-state index in [-0.39, 0.29) is 16.4 Å². The first-order valence-electron chi connectivity index (χ1n) is 6.12. The predicted octanol–water partition coefficient (Wildman–Crippen LogP) is 4.07. The SMILES string of the molecule is CC(Cl)c1nc2cc(Cl)c(F)cc2n1C(C)CS(C)=O. The fraction of sp³-hybridized carbons (Fsp3) is 0.462. The number of fused-ring (bicyclic) bond motifs is 1. The van der Waals surface area contributed by atoms with Crippen LogP contribution in [0.15, 0.2) is 12.1 Å². The molecule has 3 nitrogen and oxygen atoms in total. The van der Waals surface area contributed by atoms with Crippen LogP contribution >= 0.6 is 23.2 Å². The minimum Gasteiger partial charge on any atom is -0.323 e. The first-order valence-corrected chi connectivity index (χ1v) is 8.66. The van der Waals surface area contributed by atoms with Gasteiger partial charge < -0.3 is 4.57 Å². The van der Waals surface area contributed by atoms with E-state index in [2.05, 4.69) is 4.98 Å². The van der Waals surface area contributed by atoms with Gasteiger partial charge in [-0.05, 0) is 19.9 Å². The lowest BCUT2D eigenvalue weighted by Gasteiger charge is -2.17. The number of benzene rings is 1. The summed E-state index contributed by atoms with van der Waals surface area (Å²) in [6, 6.07) is 2.74. The molecule has 1 aromatic carbocycles. The summed E-state index contributed by atoms with van der Waals surface area (Å²) in [5, 5.41) is -0.306. The number of aromatic nitrogens is 2. The fourth-order valence-corrected chi connectivity index (χ4v) is 3.41. The van der Waals surface area contributed by atoms with Gasteiger partial charge in [0.25, 0.3) is 0 Å². The molecular formula is C13H15Cl2FN2OS. The van der Waals surface area contributed by atoms with E-state index in [1.165, 1.54) is 12.1 Å². The molecule has 3 unspecified atom stereocenters. The van der Waals surface area contributed by atoms with Crippen LogP contribution < -0.4 is 0 Å². The van der Waals surface area contributed by atoms with Crippen molar-refractivity contribution in [2.45, 2.75) is 25.3 Å². The Morgan fingerprint density at radius 1 is 1.45 bits per heavy atom. The summed E-state index contributed by atoms with van der Waals surface area (Å²) in [7, 11) is -0.966. The Morgan fingerprint density at radius 2 is 2.10 bits per heavy atom. The number of halogens is 3. The van der Waals surface area contributed by atoms with E-state index in [4.69, 9.17) is 23.2 Å². The largest absolute Gasteiger partial charge is 0.323 e. The molecule has 0 N–H and O–H groups in total. The molecule has 0 radical (unpaired) electrons. The molecule has 0 spiro atoms. The Hall–Kier alpha value is -0.650. The molecular weight excluding hydrogens is 322 g/mol. The highest BCUT2D eigenvalue weighted by molar-refractivity contribution is 7.84. The third-order valence-corrected chi connectivity index (χ3v) is 4.47. The summed E-state index contributed by atoms with van der Waals surface area (Å²) in [6.07, 6.45) is 1.64. The molecule has 0 amide bonds. The van der Waals surface area contributed by atoms with Gasteiger partial charge in [-0.3, -0.25) is 4.21 Å². The maximum absolute atomic E-state index is 13.7. The van der Waals surface area contributed by atoms with Crippen LogP contribution in [0.1, 0.15) is 31.1 Å². The molecule has 0 saturated carbocycles. The number of hydrogen-bond donors (Lipinski definition) is 0. The number of imidazole rings is 1. The summed E-state index contributed by atoms with van der Waals surface area (Å²) in [5.74, 6) is 0.576. The van der Waals surface area contributed by atoms with Crippen LogP contribution in [0, 0.1) is 5.82 Å². The second-order valence-corrected chi connectivity index (χ2v) is 7.34. The monoisotopic (exact) mass is 336 g/mol. The van der Waals surface area contributed by atoms with Crippen molar-refractivity contribution < 1.29 is 8.60 Å². The van der Waals surface area contributed by atoms with Crippen molar-refractivity contribution in [2.75, 3.05) is 12.0 Å². The standard InChI is InChI=1S/C13H15Cl2FN2OS/c1-7(6-20(3)19)18-12-5-10(16)9(15)4-11(12)17-13(18)8(2)14/h4-5,7-8H,6H2,1-3H3. The van der Waals surface area contributed by atoms with Gasteiger partial charge in [0, 0.05) is 34.9 Å². The highest BCUT2D eigenvalue weighted by atomic mass is 35.5. The van der Waals surface area contributed by atoms with E-state index in [0.717, 1.165) is 0 Å². The van der Waals surface area contributed by atoms with Crippen LogP contribution in [0.25, 0.3) is 11.0 Å². The second kappa shape index (κ2) is 6.00. The van der Waals surface area contributed by atoms with Gasteiger partial charge >= 0.3 is 0 Å². The Morgan fingerprint density at radius 3 is 2.65 bits per heavy atom. The zero-order valence-corrected chi connectivity index (χ0v) is 13.7.